The molecule has 0 aromatic heterocycles. The third-order valence-electron chi connectivity index (χ3n) is 1.68. The fraction of sp³-hybridized carbons (Fsp3) is 0.889. The van der Waals surface area contributed by atoms with Gasteiger partial charge >= 0.3 is 0 Å². The average molecular weight is 173 g/mol. The lowest BCUT2D eigenvalue weighted by atomic mass is 10.1. The van der Waals surface area contributed by atoms with E-state index in [9.17, 15) is 0 Å². The highest BCUT2D eigenvalue weighted by Gasteiger charge is 2.08. The first kappa shape index (κ1) is 11.6. The van der Waals surface area contributed by atoms with E-state index in [2.05, 4.69) is 0 Å². The van der Waals surface area contributed by atoms with Crippen LogP contribution in [0.2, 0.25) is 0 Å². The molecule has 0 aromatic carbocycles. The average Bonchev–Trinajstić information content (AvgIpc) is 2.02. The molecule has 0 rings (SSSR count). The van der Waals surface area contributed by atoms with Gasteiger partial charge in [0.2, 0.25) is 0 Å². The van der Waals surface area contributed by atoms with Crippen LogP contribution in [0.25, 0.3) is 0 Å². The lowest BCUT2D eigenvalue weighted by Crippen LogP contribution is -2.18. The van der Waals surface area contributed by atoms with Gasteiger partial charge in [-0.2, -0.15) is 0 Å². The van der Waals surface area contributed by atoms with Crippen molar-refractivity contribution in [2.45, 2.75) is 45.3 Å². The molecule has 0 fully saturated rings. The Hall–Kier alpha value is -0.410. The summed E-state index contributed by atoms with van der Waals surface area (Å²) in [6, 6.07) is 0. The predicted octanol–water partition coefficient (Wildman–Crippen LogP) is 1.59. The summed E-state index contributed by atoms with van der Waals surface area (Å²) in [6.45, 7) is 4.40. The predicted molar refractivity (Wildman–Crippen MR) is 49.7 cm³/mol. The van der Waals surface area contributed by atoms with Gasteiger partial charge in [0.1, 0.15) is 0 Å². The summed E-state index contributed by atoms with van der Waals surface area (Å²) in [6.07, 6.45) is 3.46. The van der Waals surface area contributed by atoms with Crippen molar-refractivity contribution in [3.05, 3.63) is 0 Å². The molecule has 3 heteroatoms. The zero-order valence-electron chi connectivity index (χ0n) is 7.92. The highest BCUT2D eigenvalue weighted by Crippen LogP contribution is 2.06. The van der Waals surface area contributed by atoms with Crippen molar-refractivity contribution in [2.75, 3.05) is 6.61 Å². The molecule has 72 valence electrons. The molecule has 2 atom stereocenters. The van der Waals surface area contributed by atoms with Gasteiger partial charge in [0, 0.05) is 6.42 Å². The summed E-state index contributed by atoms with van der Waals surface area (Å²) in [5, 5.41) is 15.9. The smallest absolute Gasteiger partial charge is 0.0597 e. The Morgan fingerprint density at radius 3 is 2.67 bits per heavy atom. The van der Waals surface area contributed by atoms with Gasteiger partial charge in [0.15, 0.2) is 0 Å². The maximum Gasteiger partial charge on any atom is 0.0597 e. The number of rotatable bonds is 7. The first-order valence-electron chi connectivity index (χ1n) is 4.49. The molecule has 0 saturated heterocycles. The Morgan fingerprint density at radius 2 is 2.25 bits per heavy atom. The zero-order chi connectivity index (χ0) is 9.40. The van der Waals surface area contributed by atoms with E-state index in [4.69, 9.17) is 15.3 Å². The highest BCUT2D eigenvalue weighted by molar-refractivity contribution is 5.52. The van der Waals surface area contributed by atoms with Crippen molar-refractivity contribution in [3.63, 3.8) is 0 Å². The molecule has 0 radical (unpaired) electrons. The Morgan fingerprint density at radius 1 is 1.58 bits per heavy atom. The van der Waals surface area contributed by atoms with Gasteiger partial charge in [-0.1, -0.05) is 6.92 Å². The van der Waals surface area contributed by atoms with E-state index in [1.165, 1.54) is 6.21 Å². The Balaban J connectivity index is 3.45. The molecule has 0 spiro atoms. The van der Waals surface area contributed by atoms with Crippen LogP contribution in [0.15, 0.2) is 0 Å². The number of hydrogen-bond donors (Lipinski definition) is 2. The number of aliphatic hydroxyl groups excluding tert-OH is 1. The molecule has 0 amide bonds. The standard InChI is InChI=1S/C9H19NO2/c1-3-9(7-8(2)11)12-6-4-5-10/h5,8-11H,3-4,6-7H2,1-2H3. The van der Waals surface area contributed by atoms with Crippen LogP contribution in [0.4, 0.5) is 0 Å². The minimum absolute atomic E-state index is 0.143. The van der Waals surface area contributed by atoms with Crippen LogP contribution in [0.3, 0.4) is 0 Å². The van der Waals surface area contributed by atoms with E-state index >= 15 is 0 Å². The van der Waals surface area contributed by atoms with Crippen LogP contribution in [-0.4, -0.2) is 30.1 Å². The van der Waals surface area contributed by atoms with Crippen molar-refractivity contribution in [2.24, 2.45) is 0 Å². The quantitative estimate of drug-likeness (QED) is 0.454. The van der Waals surface area contributed by atoms with Crippen LogP contribution in [0.1, 0.15) is 33.1 Å². The summed E-state index contributed by atoms with van der Waals surface area (Å²) in [4.78, 5) is 0. The van der Waals surface area contributed by atoms with Gasteiger partial charge < -0.3 is 15.3 Å². The second-order valence-electron chi connectivity index (χ2n) is 2.98. The van der Waals surface area contributed by atoms with Gasteiger partial charge in [0.25, 0.3) is 0 Å². The van der Waals surface area contributed by atoms with Gasteiger partial charge in [-0.25, -0.2) is 0 Å². The maximum atomic E-state index is 9.09. The van der Waals surface area contributed by atoms with E-state index in [1.54, 1.807) is 6.92 Å². The first-order chi connectivity index (χ1) is 5.70. The molecule has 3 nitrogen and oxygen atoms in total. The molecule has 0 bridgehead atoms. The van der Waals surface area contributed by atoms with Crippen molar-refractivity contribution in [3.8, 4) is 0 Å². The van der Waals surface area contributed by atoms with Crippen molar-refractivity contribution < 1.29 is 9.84 Å². The number of hydrogen-bond acceptors (Lipinski definition) is 3. The third kappa shape index (κ3) is 6.31. The molecule has 0 aliphatic heterocycles. The summed E-state index contributed by atoms with van der Waals surface area (Å²) >= 11 is 0. The van der Waals surface area contributed by atoms with Crippen molar-refractivity contribution >= 4 is 6.21 Å². The molecule has 0 aliphatic carbocycles. The minimum atomic E-state index is -0.296. The second-order valence-corrected chi connectivity index (χ2v) is 2.98. The number of ether oxygens (including phenoxy) is 1. The fourth-order valence-electron chi connectivity index (χ4n) is 1.03. The second kappa shape index (κ2) is 7.25. The molecular formula is C9H19NO2. The van der Waals surface area contributed by atoms with Gasteiger partial charge in [-0.3, -0.25) is 0 Å². The summed E-state index contributed by atoms with van der Waals surface area (Å²) in [5.41, 5.74) is 0. The van der Waals surface area contributed by atoms with Crippen LogP contribution in [-0.2, 0) is 4.74 Å². The third-order valence-corrected chi connectivity index (χ3v) is 1.68. The van der Waals surface area contributed by atoms with Crippen molar-refractivity contribution in [1.29, 1.82) is 5.41 Å². The summed E-state index contributed by atoms with van der Waals surface area (Å²) in [7, 11) is 0. The van der Waals surface area contributed by atoms with E-state index in [-0.39, 0.29) is 12.2 Å². The summed E-state index contributed by atoms with van der Waals surface area (Å²) in [5.74, 6) is 0. The van der Waals surface area contributed by atoms with Crippen LogP contribution >= 0.6 is 0 Å². The molecule has 0 aromatic rings. The number of nitrogens with one attached hydrogen (secondary N) is 1. The van der Waals surface area contributed by atoms with Gasteiger partial charge in [-0.15, -0.1) is 0 Å². The molecule has 2 N–H and O–H groups in total. The lowest BCUT2D eigenvalue weighted by molar-refractivity contribution is 0.0198. The van der Waals surface area contributed by atoms with E-state index in [0.717, 1.165) is 6.42 Å². The normalized spacial score (nSPS) is 15.6. The molecule has 2 unspecified atom stereocenters. The van der Waals surface area contributed by atoms with Crippen LogP contribution in [0.5, 0.6) is 0 Å². The van der Waals surface area contributed by atoms with E-state index in [1.807, 2.05) is 6.92 Å². The van der Waals surface area contributed by atoms with E-state index < -0.39 is 0 Å². The maximum absolute atomic E-state index is 9.09. The van der Waals surface area contributed by atoms with Crippen LogP contribution in [0, 0.1) is 5.41 Å². The highest BCUT2D eigenvalue weighted by atomic mass is 16.5. The van der Waals surface area contributed by atoms with Gasteiger partial charge in [-0.05, 0) is 26.0 Å². The molecule has 0 aliphatic rings. The summed E-state index contributed by atoms with van der Waals surface area (Å²) < 4.78 is 5.43. The van der Waals surface area contributed by atoms with Gasteiger partial charge in [0.05, 0.1) is 18.8 Å². The van der Waals surface area contributed by atoms with Crippen LogP contribution < -0.4 is 0 Å². The first-order valence-corrected chi connectivity index (χ1v) is 4.49. The fourth-order valence-corrected chi connectivity index (χ4v) is 1.03. The Bertz CT molecular complexity index is 115. The van der Waals surface area contributed by atoms with E-state index in [0.29, 0.717) is 19.4 Å². The molecule has 0 saturated carbocycles. The monoisotopic (exact) mass is 173 g/mol. The largest absolute Gasteiger partial charge is 0.393 e. The Kier molecular flexibility index (Phi) is 7.00. The topological polar surface area (TPSA) is 53.3 Å². The number of aliphatic hydroxyl groups is 1. The molecule has 0 heterocycles. The lowest BCUT2D eigenvalue weighted by Gasteiger charge is -2.16. The Labute approximate surface area is 74.3 Å². The minimum Gasteiger partial charge on any atom is -0.393 e. The zero-order valence-corrected chi connectivity index (χ0v) is 7.92. The molecular weight excluding hydrogens is 154 g/mol. The van der Waals surface area contributed by atoms with Crippen molar-refractivity contribution in [1.82, 2.24) is 0 Å². The SMILES string of the molecule is CCC(CC(C)O)OCCC=N. The molecule has 12 heavy (non-hydrogen) atoms.